The van der Waals surface area contributed by atoms with Crippen molar-refractivity contribution in [1.82, 2.24) is 14.5 Å². The number of ether oxygens (including phenoxy) is 1. The van der Waals surface area contributed by atoms with Gasteiger partial charge in [-0.15, -0.1) is 0 Å². The second kappa shape index (κ2) is 8.68. The van der Waals surface area contributed by atoms with E-state index >= 15 is 0 Å². The lowest BCUT2D eigenvalue weighted by Gasteiger charge is -2.30. The number of nitrogens with zero attached hydrogens (tertiary/aromatic N) is 4. The largest absolute Gasteiger partial charge is 0.374 e. The molecule has 2 bridgehead atoms. The molecule has 2 aliphatic heterocycles. The fourth-order valence-electron chi connectivity index (χ4n) is 5.62. The summed E-state index contributed by atoms with van der Waals surface area (Å²) in [6.45, 7) is 3.70. The molecule has 3 atom stereocenters. The van der Waals surface area contributed by atoms with Crippen molar-refractivity contribution in [3.8, 4) is 0 Å². The molecule has 2 saturated heterocycles. The lowest BCUT2D eigenvalue weighted by atomic mass is 10.0. The van der Waals surface area contributed by atoms with Crippen molar-refractivity contribution in [1.29, 1.82) is 0 Å². The zero-order valence-electron chi connectivity index (χ0n) is 20.5. The standard InChI is InChI=1S/C26H27F4N5O2/c1-13(17-4-3-5-18(20(17)28)23(29)30)31-24-19-10-35(26(12-27)6-7-26)25(36)22(21(19)32-14(2)33-24)34-9-16-8-15(34)11-37-16/h3-5,10,13,15-16,23H,6-9,11-12H2,1-2H3,(H,31,32,33)/t13-,15-,16-/m1/s1. The minimum absolute atomic E-state index is 0.0223. The molecule has 3 aromatic rings. The van der Waals surface area contributed by atoms with Gasteiger partial charge in [0.25, 0.3) is 12.0 Å². The normalized spacial score (nSPS) is 22.7. The Morgan fingerprint density at radius 3 is 2.62 bits per heavy atom. The molecule has 1 saturated carbocycles. The van der Waals surface area contributed by atoms with Crippen LogP contribution in [-0.2, 0) is 10.3 Å². The molecular formula is C26H27F4N5O2. The van der Waals surface area contributed by atoms with Crippen LogP contribution in [0.1, 0.15) is 55.6 Å². The zero-order valence-corrected chi connectivity index (χ0v) is 20.5. The van der Waals surface area contributed by atoms with Crippen LogP contribution >= 0.6 is 0 Å². The Hall–Kier alpha value is -3.21. The van der Waals surface area contributed by atoms with Gasteiger partial charge in [-0.1, -0.05) is 18.2 Å². The number of hydrogen-bond acceptors (Lipinski definition) is 6. The van der Waals surface area contributed by atoms with Gasteiger partial charge in [0.1, 0.15) is 35.3 Å². The monoisotopic (exact) mass is 517 g/mol. The fraction of sp³-hybridized carbons (Fsp3) is 0.500. The van der Waals surface area contributed by atoms with E-state index in [1.165, 1.54) is 16.7 Å². The smallest absolute Gasteiger partial charge is 0.277 e. The third kappa shape index (κ3) is 3.86. The van der Waals surface area contributed by atoms with Gasteiger partial charge in [-0.3, -0.25) is 4.79 Å². The van der Waals surface area contributed by atoms with Crippen LogP contribution in [0.3, 0.4) is 0 Å². The molecule has 37 heavy (non-hydrogen) atoms. The first kappa shape index (κ1) is 24.1. The Bertz CT molecular complexity index is 1440. The minimum Gasteiger partial charge on any atom is -0.374 e. The number of pyridine rings is 1. The Balaban J connectivity index is 1.51. The number of benzene rings is 1. The van der Waals surface area contributed by atoms with Crippen LogP contribution in [0.25, 0.3) is 10.9 Å². The van der Waals surface area contributed by atoms with Crippen LogP contribution in [0.5, 0.6) is 0 Å². The predicted molar refractivity (Wildman–Crippen MR) is 131 cm³/mol. The van der Waals surface area contributed by atoms with Gasteiger partial charge in [-0.25, -0.2) is 27.5 Å². The summed E-state index contributed by atoms with van der Waals surface area (Å²) in [4.78, 5) is 25.0. The van der Waals surface area contributed by atoms with Crippen molar-refractivity contribution in [2.24, 2.45) is 0 Å². The zero-order chi connectivity index (χ0) is 26.1. The number of fused-ring (bicyclic) bond motifs is 3. The van der Waals surface area contributed by atoms with E-state index in [9.17, 15) is 22.4 Å². The van der Waals surface area contributed by atoms with E-state index < -0.39 is 36.1 Å². The second-order valence-corrected chi connectivity index (χ2v) is 10.3. The van der Waals surface area contributed by atoms with Crippen molar-refractivity contribution in [3.63, 3.8) is 0 Å². The summed E-state index contributed by atoms with van der Waals surface area (Å²) in [7, 11) is 0. The van der Waals surface area contributed by atoms with Gasteiger partial charge in [0, 0.05) is 18.3 Å². The van der Waals surface area contributed by atoms with E-state index in [0.29, 0.717) is 54.2 Å². The van der Waals surface area contributed by atoms with Gasteiger partial charge in [0.05, 0.1) is 41.3 Å². The fourth-order valence-corrected chi connectivity index (χ4v) is 5.62. The number of aryl methyl sites for hydroxylation is 1. The summed E-state index contributed by atoms with van der Waals surface area (Å²) < 4.78 is 62.8. The van der Waals surface area contributed by atoms with Crippen LogP contribution in [0.4, 0.5) is 29.1 Å². The maximum absolute atomic E-state index is 14.9. The topological polar surface area (TPSA) is 72.3 Å². The van der Waals surface area contributed by atoms with E-state index in [4.69, 9.17) is 4.74 Å². The maximum atomic E-state index is 14.9. The third-order valence-electron chi connectivity index (χ3n) is 7.85. The Kier molecular flexibility index (Phi) is 5.66. The Morgan fingerprint density at radius 2 is 2.00 bits per heavy atom. The molecular weight excluding hydrogens is 490 g/mol. The van der Waals surface area contributed by atoms with Crippen LogP contribution in [0, 0.1) is 12.7 Å². The van der Waals surface area contributed by atoms with Crippen LogP contribution < -0.4 is 15.8 Å². The van der Waals surface area contributed by atoms with Gasteiger partial charge >= 0.3 is 0 Å². The highest BCUT2D eigenvalue weighted by molar-refractivity contribution is 5.97. The first-order chi connectivity index (χ1) is 17.7. The summed E-state index contributed by atoms with van der Waals surface area (Å²) in [6, 6.07) is 3.19. The molecule has 3 aliphatic rings. The highest BCUT2D eigenvalue weighted by Gasteiger charge is 2.48. The number of rotatable bonds is 7. The molecule has 0 radical (unpaired) electrons. The Morgan fingerprint density at radius 1 is 1.24 bits per heavy atom. The maximum Gasteiger partial charge on any atom is 0.277 e. The number of aromatic nitrogens is 3. The van der Waals surface area contributed by atoms with Gasteiger partial charge in [0.15, 0.2) is 0 Å². The molecule has 7 nitrogen and oxygen atoms in total. The first-order valence-electron chi connectivity index (χ1n) is 12.4. The quantitative estimate of drug-likeness (QED) is 0.455. The van der Waals surface area contributed by atoms with E-state index in [2.05, 4.69) is 15.3 Å². The molecule has 0 spiro atoms. The number of halogens is 4. The molecule has 1 N–H and O–H groups in total. The molecule has 3 fully saturated rings. The van der Waals surface area contributed by atoms with Crippen LogP contribution in [-0.4, -0.2) is 46.5 Å². The van der Waals surface area contributed by atoms with Gasteiger partial charge in [-0.2, -0.15) is 0 Å². The number of alkyl halides is 3. The highest BCUT2D eigenvalue weighted by Crippen LogP contribution is 2.45. The van der Waals surface area contributed by atoms with Crippen molar-refractivity contribution in [2.75, 3.05) is 30.0 Å². The van der Waals surface area contributed by atoms with Crippen LogP contribution in [0.15, 0.2) is 29.2 Å². The summed E-state index contributed by atoms with van der Waals surface area (Å²) in [5.41, 5.74) is -1.00. The molecule has 1 aromatic carbocycles. The van der Waals surface area contributed by atoms with Crippen molar-refractivity contribution < 1.29 is 22.3 Å². The molecule has 0 amide bonds. The molecule has 2 aromatic heterocycles. The molecule has 6 rings (SSSR count). The van der Waals surface area contributed by atoms with Crippen molar-refractivity contribution >= 4 is 22.4 Å². The summed E-state index contributed by atoms with van der Waals surface area (Å²) >= 11 is 0. The summed E-state index contributed by atoms with van der Waals surface area (Å²) in [6.07, 6.45) is 0.549. The predicted octanol–water partition coefficient (Wildman–Crippen LogP) is 4.79. The van der Waals surface area contributed by atoms with Gasteiger partial charge < -0.3 is 19.5 Å². The van der Waals surface area contributed by atoms with E-state index in [1.54, 1.807) is 20.0 Å². The molecule has 11 heteroatoms. The molecule has 4 heterocycles. The number of nitrogens with one attached hydrogen (secondary N) is 1. The molecule has 1 aliphatic carbocycles. The van der Waals surface area contributed by atoms with Gasteiger partial charge in [0.2, 0.25) is 0 Å². The lowest BCUT2D eigenvalue weighted by Crippen LogP contribution is -2.43. The van der Waals surface area contributed by atoms with Crippen molar-refractivity contribution in [3.05, 3.63) is 57.5 Å². The van der Waals surface area contributed by atoms with E-state index in [1.807, 2.05) is 4.90 Å². The summed E-state index contributed by atoms with van der Waals surface area (Å²) in [5.74, 6) is -0.274. The van der Waals surface area contributed by atoms with Gasteiger partial charge in [-0.05, 0) is 33.1 Å². The first-order valence-corrected chi connectivity index (χ1v) is 12.4. The van der Waals surface area contributed by atoms with Crippen LogP contribution in [0.2, 0.25) is 0 Å². The minimum atomic E-state index is -2.94. The Labute approximate surface area is 210 Å². The highest BCUT2D eigenvalue weighted by atomic mass is 19.3. The lowest BCUT2D eigenvalue weighted by molar-refractivity contribution is 0.0991. The van der Waals surface area contributed by atoms with Crippen molar-refractivity contribution in [2.45, 2.75) is 63.3 Å². The average molecular weight is 518 g/mol. The third-order valence-corrected chi connectivity index (χ3v) is 7.85. The SMILES string of the molecule is Cc1nc(N[C@H](C)c2cccc(C(F)F)c2F)c2cn(C3(CF)CC3)c(=O)c(N3C[C@H]4C[C@@H]3CO4)c2n1. The number of hydrogen-bond donors (Lipinski definition) is 1. The average Bonchev–Trinajstić information content (AvgIpc) is 3.36. The molecule has 0 unspecified atom stereocenters. The van der Waals surface area contributed by atoms with E-state index in [-0.39, 0.29) is 23.3 Å². The van der Waals surface area contributed by atoms with E-state index in [0.717, 1.165) is 12.5 Å². The summed E-state index contributed by atoms with van der Waals surface area (Å²) in [5, 5.41) is 3.64. The number of morpholine rings is 1. The molecule has 196 valence electrons. The second-order valence-electron chi connectivity index (χ2n) is 10.3. The number of anilines is 2.